The van der Waals surface area contributed by atoms with E-state index in [1.807, 2.05) is 0 Å². The summed E-state index contributed by atoms with van der Waals surface area (Å²) in [6, 6.07) is 11.8. The molecule has 3 amide bonds. The van der Waals surface area contributed by atoms with Crippen molar-refractivity contribution >= 4 is 17.7 Å². The van der Waals surface area contributed by atoms with Crippen LogP contribution in [0.25, 0.3) is 0 Å². The quantitative estimate of drug-likeness (QED) is 0.879. The first-order chi connectivity index (χ1) is 10.6. The Morgan fingerprint density at radius 3 is 2.41 bits per heavy atom. The number of carbonyl (C=O) groups excluding carboxylic acids is 3. The summed E-state index contributed by atoms with van der Waals surface area (Å²) in [4.78, 5) is 37.0. The van der Waals surface area contributed by atoms with E-state index in [0.717, 1.165) is 17.0 Å². The van der Waals surface area contributed by atoms with Gasteiger partial charge in [0.25, 0.3) is 17.7 Å². The van der Waals surface area contributed by atoms with Gasteiger partial charge in [-0.25, -0.2) is 4.39 Å². The van der Waals surface area contributed by atoms with Gasteiger partial charge in [-0.1, -0.05) is 18.2 Å². The minimum absolute atomic E-state index is 0.0129. The third-order valence-electron chi connectivity index (χ3n) is 3.37. The number of benzene rings is 2. The van der Waals surface area contributed by atoms with E-state index in [4.69, 9.17) is 0 Å². The zero-order valence-electron chi connectivity index (χ0n) is 11.4. The highest BCUT2D eigenvalue weighted by atomic mass is 19.1. The minimum atomic E-state index is -0.618. The van der Waals surface area contributed by atoms with Gasteiger partial charge in [0, 0.05) is 5.56 Å². The Hall–Kier alpha value is -3.02. The maximum absolute atomic E-state index is 13.2. The Kier molecular flexibility index (Phi) is 3.42. The molecule has 22 heavy (non-hydrogen) atoms. The molecule has 0 bridgehead atoms. The van der Waals surface area contributed by atoms with Crippen molar-refractivity contribution in [2.75, 3.05) is 6.67 Å². The lowest BCUT2D eigenvalue weighted by atomic mass is 10.1. The Labute approximate surface area is 125 Å². The van der Waals surface area contributed by atoms with E-state index in [2.05, 4.69) is 5.32 Å². The van der Waals surface area contributed by atoms with Crippen molar-refractivity contribution in [2.24, 2.45) is 0 Å². The molecule has 1 N–H and O–H groups in total. The van der Waals surface area contributed by atoms with Gasteiger partial charge in [-0.3, -0.25) is 19.3 Å². The smallest absolute Gasteiger partial charge is 0.263 e. The molecule has 5 nitrogen and oxygen atoms in total. The first kappa shape index (κ1) is 13.9. The molecular formula is C16H11FN2O3. The van der Waals surface area contributed by atoms with Crippen LogP contribution in [0.1, 0.15) is 31.1 Å². The van der Waals surface area contributed by atoms with Crippen LogP contribution in [-0.2, 0) is 0 Å². The number of hydrogen-bond acceptors (Lipinski definition) is 3. The second-order valence-corrected chi connectivity index (χ2v) is 4.76. The fourth-order valence-corrected chi connectivity index (χ4v) is 2.25. The molecule has 2 aromatic carbocycles. The Morgan fingerprint density at radius 1 is 1.00 bits per heavy atom. The third kappa shape index (κ3) is 2.35. The van der Waals surface area contributed by atoms with Gasteiger partial charge in [-0.05, 0) is 30.3 Å². The zero-order valence-corrected chi connectivity index (χ0v) is 11.4. The van der Waals surface area contributed by atoms with Gasteiger partial charge in [-0.15, -0.1) is 0 Å². The first-order valence-corrected chi connectivity index (χ1v) is 6.57. The van der Waals surface area contributed by atoms with Crippen LogP contribution < -0.4 is 5.32 Å². The number of fused-ring (bicyclic) bond motifs is 1. The lowest BCUT2D eigenvalue weighted by Gasteiger charge is -2.14. The number of hydrogen-bond donors (Lipinski definition) is 1. The summed E-state index contributed by atoms with van der Waals surface area (Å²) in [6.07, 6.45) is 0. The standard InChI is InChI=1S/C16H11FN2O3/c17-11-6-7-12-13(8-11)16(22)19(15(12)21)9-18-14(20)10-4-2-1-3-5-10/h1-8H,9H2,(H,18,20). The largest absolute Gasteiger partial charge is 0.334 e. The maximum atomic E-state index is 13.2. The van der Waals surface area contributed by atoms with Crippen LogP contribution in [0.2, 0.25) is 0 Å². The number of amides is 3. The van der Waals surface area contributed by atoms with Crippen molar-refractivity contribution in [3.8, 4) is 0 Å². The number of nitrogens with one attached hydrogen (secondary N) is 1. The van der Waals surface area contributed by atoms with E-state index >= 15 is 0 Å². The van der Waals surface area contributed by atoms with E-state index in [0.29, 0.717) is 5.56 Å². The molecule has 0 atom stereocenters. The number of rotatable bonds is 3. The van der Waals surface area contributed by atoms with Crippen molar-refractivity contribution in [1.29, 1.82) is 0 Å². The molecule has 3 rings (SSSR count). The fourth-order valence-electron chi connectivity index (χ4n) is 2.25. The Balaban J connectivity index is 1.74. The first-order valence-electron chi connectivity index (χ1n) is 6.57. The average Bonchev–Trinajstić information content (AvgIpc) is 2.77. The summed E-state index contributed by atoms with van der Waals surface area (Å²) in [5.74, 6) is -2.15. The average molecular weight is 298 g/mol. The highest BCUT2D eigenvalue weighted by Gasteiger charge is 2.35. The summed E-state index contributed by atoms with van der Waals surface area (Å²) in [6.45, 7) is -0.262. The monoisotopic (exact) mass is 298 g/mol. The van der Waals surface area contributed by atoms with Crippen molar-refractivity contribution in [2.45, 2.75) is 0 Å². The van der Waals surface area contributed by atoms with Gasteiger partial charge in [0.05, 0.1) is 11.1 Å². The molecule has 0 aromatic heterocycles. The van der Waals surface area contributed by atoms with Gasteiger partial charge < -0.3 is 5.32 Å². The van der Waals surface area contributed by atoms with Gasteiger partial charge in [0.1, 0.15) is 12.5 Å². The number of carbonyl (C=O) groups is 3. The summed E-state index contributed by atoms with van der Waals surface area (Å²) < 4.78 is 13.2. The minimum Gasteiger partial charge on any atom is -0.334 e. The summed E-state index contributed by atoms with van der Waals surface area (Å²) >= 11 is 0. The molecule has 0 saturated heterocycles. The highest BCUT2D eigenvalue weighted by Crippen LogP contribution is 2.22. The molecule has 0 unspecified atom stereocenters. The van der Waals surface area contributed by atoms with E-state index in [1.54, 1.807) is 30.3 Å². The van der Waals surface area contributed by atoms with Crippen molar-refractivity contribution in [3.63, 3.8) is 0 Å². The van der Waals surface area contributed by atoms with Crippen LogP contribution in [0.4, 0.5) is 4.39 Å². The molecule has 0 aliphatic carbocycles. The van der Waals surface area contributed by atoms with Crippen LogP contribution in [-0.4, -0.2) is 29.3 Å². The predicted molar refractivity (Wildman–Crippen MR) is 75.7 cm³/mol. The molecule has 6 heteroatoms. The second kappa shape index (κ2) is 5.40. The molecule has 1 aliphatic rings. The predicted octanol–water partition coefficient (Wildman–Crippen LogP) is 1.81. The normalized spacial score (nSPS) is 13.2. The number of halogens is 1. The summed E-state index contributed by atoms with van der Waals surface area (Å²) in [5.41, 5.74) is 0.574. The molecule has 0 fully saturated rings. The van der Waals surface area contributed by atoms with E-state index in [-0.39, 0.29) is 17.8 Å². The van der Waals surface area contributed by atoms with Gasteiger partial charge >= 0.3 is 0 Å². The number of nitrogens with zero attached hydrogens (tertiary/aromatic N) is 1. The van der Waals surface area contributed by atoms with Crippen molar-refractivity contribution in [3.05, 3.63) is 71.0 Å². The second-order valence-electron chi connectivity index (χ2n) is 4.76. The molecule has 0 spiro atoms. The van der Waals surface area contributed by atoms with Crippen LogP contribution in [0.5, 0.6) is 0 Å². The van der Waals surface area contributed by atoms with Crippen LogP contribution >= 0.6 is 0 Å². The summed E-state index contributed by atoms with van der Waals surface area (Å²) in [5, 5.41) is 2.50. The molecule has 110 valence electrons. The maximum Gasteiger partial charge on any atom is 0.263 e. The fraction of sp³-hybridized carbons (Fsp3) is 0.0625. The van der Waals surface area contributed by atoms with Crippen molar-refractivity contribution in [1.82, 2.24) is 10.2 Å². The SMILES string of the molecule is O=C(NCN1C(=O)c2ccc(F)cc2C1=O)c1ccccc1. The lowest BCUT2D eigenvalue weighted by molar-refractivity contribution is 0.0635. The van der Waals surface area contributed by atoms with E-state index < -0.39 is 23.5 Å². The van der Waals surface area contributed by atoms with E-state index in [9.17, 15) is 18.8 Å². The molecule has 0 radical (unpaired) electrons. The van der Waals surface area contributed by atoms with Crippen LogP contribution in [0.15, 0.2) is 48.5 Å². The Bertz CT molecular complexity index is 774. The van der Waals surface area contributed by atoms with Crippen LogP contribution in [0.3, 0.4) is 0 Å². The molecule has 2 aromatic rings. The molecule has 0 saturated carbocycles. The zero-order chi connectivity index (χ0) is 15.7. The van der Waals surface area contributed by atoms with E-state index in [1.165, 1.54) is 6.07 Å². The lowest BCUT2D eigenvalue weighted by Crippen LogP contribution is -2.40. The molecular weight excluding hydrogens is 287 g/mol. The number of imide groups is 1. The van der Waals surface area contributed by atoms with Gasteiger partial charge in [-0.2, -0.15) is 0 Å². The molecule has 1 aliphatic heterocycles. The molecule has 1 heterocycles. The summed E-state index contributed by atoms with van der Waals surface area (Å²) in [7, 11) is 0. The Morgan fingerprint density at radius 2 is 1.68 bits per heavy atom. The van der Waals surface area contributed by atoms with Crippen molar-refractivity contribution < 1.29 is 18.8 Å². The van der Waals surface area contributed by atoms with Gasteiger partial charge in [0.15, 0.2) is 0 Å². The highest BCUT2D eigenvalue weighted by molar-refractivity contribution is 6.21. The topological polar surface area (TPSA) is 66.5 Å². The van der Waals surface area contributed by atoms with Crippen LogP contribution in [0, 0.1) is 5.82 Å². The third-order valence-corrected chi connectivity index (χ3v) is 3.37. The van der Waals surface area contributed by atoms with Gasteiger partial charge in [0.2, 0.25) is 0 Å².